The zero-order valence-corrected chi connectivity index (χ0v) is 12.3. The van der Waals surface area contributed by atoms with Gasteiger partial charge in [-0.15, -0.1) is 0 Å². The molecule has 7 heteroatoms. The summed E-state index contributed by atoms with van der Waals surface area (Å²) in [4.78, 5) is 31.6. The molecule has 1 aromatic rings. The minimum absolute atomic E-state index is 0.0482. The highest BCUT2D eigenvalue weighted by Crippen LogP contribution is 2.10. The van der Waals surface area contributed by atoms with E-state index in [4.69, 9.17) is 0 Å². The molecule has 1 aromatic heterocycles. The van der Waals surface area contributed by atoms with E-state index < -0.39 is 0 Å². The number of carbonyl (C=O) groups excluding carboxylic acids is 1. The number of aromatic amines is 1. The van der Waals surface area contributed by atoms with E-state index in [2.05, 4.69) is 20.2 Å². The first-order chi connectivity index (χ1) is 8.97. The fraction of sp³-hybridized carbons (Fsp3) is 0.583. The minimum atomic E-state index is -0.193. The van der Waals surface area contributed by atoms with Crippen LogP contribution in [0.1, 0.15) is 12.1 Å². The first kappa shape index (κ1) is 15.7. The Morgan fingerprint density at radius 3 is 2.89 bits per heavy atom. The van der Waals surface area contributed by atoms with E-state index in [1.165, 1.54) is 17.8 Å². The summed E-state index contributed by atoms with van der Waals surface area (Å²) < 4.78 is 0. The van der Waals surface area contributed by atoms with Gasteiger partial charge in [-0.25, -0.2) is 4.98 Å². The van der Waals surface area contributed by atoms with Crippen molar-refractivity contribution >= 4 is 17.7 Å². The molecule has 0 bridgehead atoms. The summed E-state index contributed by atoms with van der Waals surface area (Å²) in [5.41, 5.74) is 0.457. The lowest BCUT2D eigenvalue weighted by atomic mass is 10.4. The zero-order chi connectivity index (χ0) is 14.3. The van der Waals surface area contributed by atoms with Gasteiger partial charge in [-0.1, -0.05) is 11.8 Å². The molecule has 0 aliphatic heterocycles. The van der Waals surface area contributed by atoms with Crippen molar-refractivity contribution in [2.45, 2.75) is 18.5 Å². The van der Waals surface area contributed by atoms with Crippen LogP contribution in [0.25, 0.3) is 0 Å². The maximum absolute atomic E-state index is 11.6. The van der Waals surface area contributed by atoms with Crippen LogP contribution >= 0.6 is 11.8 Å². The van der Waals surface area contributed by atoms with E-state index >= 15 is 0 Å². The first-order valence-corrected chi connectivity index (χ1v) is 7.08. The van der Waals surface area contributed by atoms with Crippen LogP contribution in [-0.4, -0.2) is 53.7 Å². The van der Waals surface area contributed by atoms with E-state index in [9.17, 15) is 9.59 Å². The Morgan fingerprint density at radius 2 is 2.26 bits per heavy atom. The summed E-state index contributed by atoms with van der Waals surface area (Å²) in [6, 6.07) is 1.42. The lowest BCUT2D eigenvalue weighted by molar-refractivity contribution is -0.118. The van der Waals surface area contributed by atoms with Crippen LogP contribution in [0.2, 0.25) is 0 Å². The number of aryl methyl sites for hydroxylation is 1. The second-order valence-electron chi connectivity index (χ2n) is 4.49. The summed E-state index contributed by atoms with van der Waals surface area (Å²) in [6.07, 6.45) is 0.920. The van der Waals surface area contributed by atoms with Gasteiger partial charge in [0, 0.05) is 18.3 Å². The molecule has 0 radical (unpaired) electrons. The van der Waals surface area contributed by atoms with Gasteiger partial charge in [0.15, 0.2) is 5.16 Å². The van der Waals surface area contributed by atoms with Crippen molar-refractivity contribution in [3.63, 3.8) is 0 Å². The number of nitrogens with zero attached hydrogens (tertiary/aromatic N) is 2. The van der Waals surface area contributed by atoms with Crippen LogP contribution in [0, 0.1) is 6.92 Å². The number of H-pyrrole nitrogens is 1. The molecule has 1 heterocycles. The molecule has 0 aliphatic rings. The van der Waals surface area contributed by atoms with Crippen LogP contribution in [-0.2, 0) is 4.79 Å². The third-order valence-corrected chi connectivity index (χ3v) is 3.17. The summed E-state index contributed by atoms with van der Waals surface area (Å²) in [7, 11) is 3.99. The van der Waals surface area contributed by atoms with Gasteiger partial charge in [-0.2, -0.15) is 0 Å². The Balaban J connectivity index is 2.28. The second kappa shape index (κ2) is 7.96. The molecule has 0 aliphatic carbocycles. The highest BCUT2D eigenvalue weighted by molar-refractivity contribution is 7.99. The summed E-state index contributed by atoms with van der Waals surface area (Å²) in [5.74, 6) is 0.210. The Bertz CT molecular complexity index is 473. The van der Waals surface area contributed by atoms with Gasteiger partial charge in [0.05, 0.1) is 5.75 Å². The monoisotopic (exact) mass is 284 g/mol. The highest BCUT2D eigenvalue weighted by Gasteiger charge is 2.04. The van der Waals surface area contributed by atoms with Crippen LogP contribution in [0.3, 0.4) is 0 Å². The average molecular weight is 284 g/mol. The Morgan fingerprint density at radius 1 is 1.53 bits per heavy atom. The van der Waals surface area contributed by atoms with Crippen molar-refractivity contribution in [2.75, 3.05) is 32.9 Å². The van der Waals surface area contributed by atoms with Gasteiger partial charge >= 0.3 is 0 Å². The topological polar surface area (TPSA) is 78.1 Å². The van der Waals surface area contributed by atoms with Gasteiger partial charge in [0.25, 0.3) is 5.56 Å². The van der Waals surface area contributed by atoms with Gasteiger partial charge in [-0.05, 0) is 34.0 Å². The third kappa shape index (κ3) is 6.97. The number of nitrogens with one attached hydrogen (secondary N) is 2. The molecule has 6 nitrogen and oxygen atoms in total. The highest BCUT2D eigenvalue weighted by atomic mass is 32.2. The number of hydrogen-bond donors (Lipinski definition) is 2. The van der Waals surface area contributed by atoms with Crippen LogP contribution in [0.4, 0.5) is 0 Å². The molecule has 106 valence electrons. The van der Waals surface area contributed by atoms with Gasteiger partial charge in [0.1, 0.15) is 0 Å². The molecule has 1 rings (SSSR count). The summed E-state index contributed by atoms with van der Waals surface area (Å²) in [5, 5.41) is 3.31. The number of aromatic nitrogens is 2. The van der Waals surface area contributed by atoms with Crippen molar-refractivity contribution in [1.82, 2.24) is 20.2 Å². The van der Waals surface area contributed by atoms with Crippen molar-refractivity contribution in [1.29, 1.82) is 0 Å². The molecular formula is C12H20N4O2S. The summed E-state index contributed by atoms with van der Waals surface area (Å²) in [6.45, 7) is 3.36. The zero-order valence-electron chi connectivity index (χ0n) is 11.5. The van der Waals surface area contributed by atoms with Crippen molar-refractivity contribution < 1.29 is 4.79 Å². The van der Waals surface area contributed by atoms with Gasteiger partial charge < -0.3 is 15.2 Å². The quantitative estimate of drug-likeness (QED) is 0.426. The normalized spacial score (nSPS) is 10.7. The number of hydrogen-bond acceptors (Lipinski definition) is 5. The molecule has 1 amide bonds. The van der Waals surface area contributed by atoms with E-state index in [1.54, 1.807) is 6.92 Å². The van der Waals surface area contributed by atoms with E-state index in [0.29, 0.717) is 17.4 Å². The lowest BCUT2D eigenvalue weighted by Gasteiger charge is -2.09. The molecule has 0 atom stereocenters. The van der Waals surface area contributed by atoms with Crippen LogP contribution < -0.4 is 10.9 Å². The number of carbonyl (C=O) groups is 1. The number of amides is 1. The molecular weight excluding hydrogens is 264 g/mol. The van der Waals surface area contributed by atoms with Gasteiger partial charge in [-0.3, -0.25) is 9.59 Å². The first-order valence-electron chi connectivity index (χ1n) is 6.09. The molecule has 0 saturated heterocycles. The lowest BCUT2D eigenvalue weighted by Crippen LogP contribution is -2.28. The third-order valence-electron chi connectivity index (χ3n) is 2.29. The van der Waals surface area contributed by atoms with Crippen molar-refractivity contribution in [3.05, 3.63) is 22.1 Å². The molecule has 0 saturated carbocycles. The second-order valence-corrected chi connectivity index (χ2v) is 5.45. The maximum atomic E-state index is 11.6. The van der Waals surface area contributed by atoms with E-state index in [1.807, 2.05) is 14.1 Å². The molecule has 19 heavy (non-hydrogen) atoms. The van der Waals surface area contributed by atoms with Gasteiger partial charge in [0.2, 0.25) is 5.91 Å². The Hall–Kier alpha value is -1.34. The molecule has 0 spiro atoms. The molecule has 0 aromatic carbocycles. The van der Waals surface area contributed by atoms with Crippen LogP contribution in [0.5, 0.6) is 0 Å². The van der Waals surface area contributed by atoms with Crippen molar-refractivity contribution in [3.8, 4) is 0 Å². The fourth-order valence-electron chi connectivity index (χ4n) is 1.43. The summed E-state index contributed by atoms with van der Waals surface area (Å²) >= 11 is 1.23. The largest absolute Gasteiger partial charge is 0.355 e. The van der Waals surface area contributed by atoms with Crippen LogP contribution in [0.15, 0.2) is 16.0 Å². The molecule has 0 fully saturated rings. The fourth-order valence-corrected chi connectivity index (χ4v) is 2.18. The maximum Gasteiger partial charge on any atom is 0.251 e. The predicted octanol–water partition coefficient (Wildman–Crippen LogP) is 0.238. The SMILES string of the molecule is Cc1cc(=O)[nH]c(SCC(=O)NCCCN(C)C)n1. The molecule has 0 unspecified atom stereocenters. The Labute approximate surface area is 117 Å². The van der Waals surface area contributed by atoms with E-state index in [-0.39, 0.29) is 17.2 Å². The minimum Gasteiger partial charge on any atom is -0.355 e. The standard InChI is InChI=1S/C12H20N4O2S/c1-9-7-10(17)15-12(14-9)19-8-11(18)13-5-4-6-16(2)3/h7H,4-6,8H2,1-3H3,(H,13,18)(H,14,15,17). The number of thioether (sulfide) groups is 1. The van der Waals surface area contributed by atoms with Crippen molar-refractivity contribution in [2.24, 2.45) is 0 Å². The smallest absolute Gasteiger partial charge is 0.251 e. The van der Waals surface area contributed by atoms with E-state index in [0.717, 1.165) is 13.0 Å². The Kier molecular flexibility index (Phi) is 6.58. The number of rotatable bonds is 7. The average Bonchev–Trinajstić information content (AvgIpc) is 2.31. The predicted molar refractivity (Wildman–Crippen MR) is 76.5 cm³/mol. The molecule has 2 N–H and O–H groups in total.